The molecular formula is C12H13BrN2O2. The van der Waals surface area contributed by atoms with Crippen molar-refractivity contribution in [1.82, 2.24) is 5.16 Å². The number of aryl methyl sites for hydroxylation is 1. The molecule has 0 atom stereocenters. The Kier molecular flexibility index (Phi) is 3.11. The molecule has 1 heterocycles. The van der Waals surface area contributed by atoms with Gasteiger partial charge in [0.2, 0.25) is 5.88 Å². The van der Waals surface area contributed by atoms with Gasteiger partial charge in [0.15, 0.2) is 0 Å². The van der Waals surface area contributed by atoms with Crippen molar-refractivity contribution >= 4 is 21.8 Å². The lowest BCUT2D eigenvalue weighted by Gasteiger charge is -2.13. The summed E-state index contributed by atoms with van der Waals surface area (Å²) >= 11 is 3.53. The number of nitrogens with zero attached hydrogens (tertiary/aromatic N) is 1. The molecule has 4 nitrogen and oxygen atoms in total. The zero-order chi connectivity index (χ0) is 12.6. The zero-order valence-corrected chi connectivity index (χ0v) is 11.5. The smallest absolute Gasteiger partial charge is 0.222 e. The third-order valence-electron chi connectivity index (χ3n) is 2.64. The maximum atomic E-state index is 5.54. The Morgan fingerprint density at radius 3 is 2.59 bits per heavy atom. The minimum absolute atomic E-state index is 0.297. The molecule has 17 heavy (non-hydrogen) atoms. The molecule has 90 valence electrons. The second-order valence-corrected chi connectivity index (χ2v) is 4.68. The molecule has 1 aromatic carbocycles. The molecule has 0 bridgehead atoms. The van der Waals surface area contributed by atoms with E-state index >= 15 is 0 Å². The minimum Gasteiger partial charge on any atom is -0.496 e. The monoisotopic (exact) mass is 296 g/mol. The highest BCUT2D eigenvalue weighted by Crippen LogP contribution is 2.38. The Bertz CT molecular complexity index is 564. The highest BCUT2D eigenvalue weighted by atomic mass is 79.9. The summed E-state index contributed by atoms with van der Waals surface area (Å²) in [5.41, 5.74) is 9.25. The molecule has 0 amide bonds. The van der Waals surface area contributed by atoms with Gasteiger partial charge in [-0.1, -0.05) is 21.1 Å². The van der Waals surface area contributed by atoms with Gasteiger partial charge < -0.3 is 15.0 Å². The number of hydrogen-bond acceptors (Lipinski definition) is 4. The maximum Gasteiger partial charge on any atom is 0.222 e. The van der Waals surface area contributed by atoms with E-state index in [0.717, 1.165) is 26.9 Å². The van der Waals surface area contributed by atoms with Crippen LogP contribution in [0.15, 0.2) is 21.1 Å². The Balaban J connectivity index is 2.69. The molecule has 0 saturated carbocycles. The van der Waals surface area contributed by atoms with Gasteiger partial charge in [0.25, 0.3) is 0 Å². The van der Waals surface area contributed by atoms with Crippen LogP contribution in [0.5, 0.6) is 5.75 Å². The average molecular weight is 297 g/mol. The predicted molar refractivity (Wildman–Crippen MR) is 70.1 cm³/mol. The third kappa shape index (κ3) is 2.02. The Labute approximate surface area is 108 Å². The van der Waals surface area contributed by atoms with Gasteiger partial charge in [0.05, 0.1) is 7.11 Å². The van der Waals surface area contributed by atoms with Crippen LogP contribution in [0.2, 0.25) is 0 Å². The molecule has 0 unspecified atom stereocenters. The number of rotatable bonds is 2. The van der Waals surface area contributed by atoms with E-state index < -0.39 is 0 Å². The number of hydrogen-bond donors (Lipinski definition) is 1. The van der Waals surface area contributed by atoms with Crippen LogP contribution in [-0.4, -0.2) is 12.3 Å². The molecule has 0 aliphatic rings. The quantitative estimate of drug-likeness (QED) is 0.923. The molecule has 2 N–H and O–H groups in total. The summed E-state index contributed by atoms with van der Waals surface area (Å²) in [7, 11) is 1.66. The molecular weight excluding hydrogens is 284 g/mol. The van der Waals surface area contributed by atoms with E-state index in [-0.39, 0.29) is 0 Å². The second-order valence-electron chi connectivity index (χ2n) is 3.82. The van der Waals surface area contributed by atoms with Gasteiger partial charge in [-0.25, -0.2) is 0 Å². The van der Waals surface area contributed by atoms with E-state index in [1.807, 2.05) is 19.9 Å². The van der Waals surface area contributed by atoms with Crippen molar-refractivity contribution in [3.05, 3.63) is 27.7 Å². The van der Waals surface area contributed by atoms with Gasteiger partial charge >= 0.3 is 0 Å². The molecule has 5 heteroatoms. The van der Waals surface area contributed by atoms with Crippen molar-refractivity contribution in [1.29, 1.82) is 0 Å². The number of methoxy groups -OCH3 is 1. The number of aromatic nitrogens is 1. The van der Waals surface area contributed by atoms with Crippen LogP contribution in [-0.2, 0) is 0 Å². The first-order valence-corrected chi connectivity index (χ1v) is 5.90. The number of nitrogen functional groups attached to an aromatic ring is 1. The van der Waals surface area contributed by atoms with Crippen LogP contribution in [0.3, 0.4) is 0 Å². The van der Waals surface area contributed by atoms with Crippen molar-refractivity contribution in [3.63, 3.8) is 0 Å². The molecule has 0 saturated heterocycles. The summed E-state index contributed by atoms with van der Waals surface area (Å²) in [6.45, 7) is 3.98. The summed E-state index contributed by atoms with van der Waals surface area (Å²) in [6, 6.07) is 3.69. The van der Waals surface area contributed by atoms with E-state index in [1.54, 1.807) is 13.2 Å². The van der Waals surface area contributed by atoms with E-state index in [9.17, 15) is 0 Å². The van der Waals surface area contributed by atoms with Crippen LogP contribution in [0.1, 0.15) is 11.1 Å². The van der Waals surface area contributed by atoms with Crippen molar-refractivity contribution in [2.24, 2.45) is 0 Å². The Hall–Kier alpha value is -1.49. The SMILES string of the molecule is COc1c(C)cc(Br)c(-c2cc(N)on2)c1C. The minimum atomic E-state index is 0.297. The normalized spacial score (nSPS) is 10.6. The van der Waals surface area contributed by atoms with Gasteiger partial charge in [-0.3, -0.25) is 0 Å². The van der Waals surface area contributed by atoms with Crippen LogP contribution < -0.4 is 10.5 Å². The number of ether oxygens (including phenoxy) is 1. The zero-order valence-electron chi connectivity index (χ0n) is 9.87. The third-order valence-corrected chi connectivity index (χ3v) is 3.27. The van der Waals surface area contributed by atoms with Crippen LogP contribution in [0, 0.1) is 13.8 Å². The molecule has 0 spiro atoms. The first kappa shape index (κ1) is 12.0. The highest BCUT2D eigenvalue weighted by molar-refractivity contribution is 9.10. The molecule has 1 aromatic heterocycles. The molecule has 0 aliphatic heterocycles. The lowest BCUT2D eigenvalue weighted by Crippen LogP contribution is -1.95. The summed E-state index contributed by atoms with van der Waals surface area (Å²) in [5, 5.41) is 3.93. The van der Waals surface area contributed by atoms with Gasteiger partial charge in [-0.2, -0.15) is 0 Å². The topological polar surface area (TPSA) is 61.3 Å². The van der Waals surface area contributed by atoms with Crippen molar-refractivity contribution in [3.8, 4) is 17.0 Å². The fourth-order valence-electron chi connectivity index (χ4n) is 1.95. The number of benzene rings is 1. The Morgan fingerprint density at radius 1 is 1.35 bits per heavy atom. The van der Waals surface area contributed by atoms with Crippen LogP contribution in [0.25, 0.3) is 11.3 Å². The van der Waals surface area contributed by atoms with E-state index in [4.69, 9.17) is 15.0 Å². The van der Waals surface area contributed by atoms with E-state index in [0.29, 0.717) is 11.6 Å². The van der Waals surface area contributed by atoms with Gasteiger partial charge in [0, 0.05) is 21.7 Å². The van der Waals surface area contributed by atoms with E-state index in [1.165, 1.54) is 0 Å². The molecule has 0 aliphatic carbocycles. The van der Waals surface area contributed by atoms with Crippen LogP contribution in [0.4, 0.5) is 5.88 Å². The van der Waals surface area contributed by atoms with Gasteiger partial charge in [-0.05, 0) is 25.5 Å². The van der Waals surface area contributed by atoms with Crippen LogP contribution >= 0.6 is 15.9 Å². The molecule has 2 aromatic rings. The second kappa shape index (κ2) is 4.41. The molecule has 0 radical (unpaired) electrons. The predicted octanol–water partition coefficient (Wildman–Crippen LogP) is 3.31. The van der Waals surface area contributed by atoms with Gasteiger partial charge in [0.1, 0.15) is 11.4 Å². The van der Waals surface area contributed by atoms with Crippen molar-refractivity contribution in [2.45, 2.75) is 13.8 Å². The molecule has 0 fully saturated rings. The fourth-order valence-corrected chi connectivity index (χ4v) is 2.80. The lowest BCUT2D eigenvalue weighted by molar-refractivity contribution is 0.408. The summed E-state index contributed by atoms with van der Waals surface area (Å²) in [5.74, 6) is 1.15. The highest BCUT2D eigenvalue weighted by Gasteiger charge is 2.16. The number of anilines is 1. The Morgan fingerprint density at radius 2 is 2.06 bits per heavy atom. The summed E-state index contributed by atoms with van der Waals surface area (Å²) in [6.07, 6.45) is 0. The first-order chi connectivity index (χ1) is 8.04. The molecule has 2 rings (SSSR count). The van der Waals surface area contributed by atoms with Crippen molar-refractivity contribution in [2.75, 3.05) is 12.8 Å². The fraction of sp³-hybridized carbons (Fsp3) is 0.250. The summed E-state index contributed by atoms with van der Waals surface area (Å²) in [4.78, 5) is 0. The van der Waals surface area contributed by atoms with Gasteiger partial charge in [-0.15, -0.1) is 0 Å². The lowest BCUT2D eigenvalue weighted by atomic mass is 10.0. The van der Waals surface area contributed by atoms with E-state index in [2.05, 4.69) is 21.1 Å². The largest absolute Gasteiger partial charge is 0.496 e. The first-order valence-electron chi connectivity index (χ1n) is 5.11. The number of nitrogens with two attached hydrogens (primary N) is 1. The summed E-state index contributed by atoms with van der Waals surface area (Å²) < 4.78 is 11.2. The number of halogens is 1. The maximum absolute atomic E-state index is 5.54. The van der Waals surface area contributed by atoms with Crippen molar-refractivity contribution < 1.29 is 9.26 Å². The standard InChI is InChI=1S/C12H13BrN2O2/c1-6-4-8(13)11(7(2)12(6)16-3)9-5-10(14)17-15-9/h4-5H,14H2,1-3H3. The average Bonchev–Trinajstić information content (AvgIpc) is 2.64.